The average molecular weight is 280 g/mol. The standard InChI is InChI=1S/C18H20N2O/c1-14-19-17-6-2-3-7-18(17)20(14)13-16-10-8-15(9-11-16)5-4-12-21/h8-11,21H,2-3,6-7,12-13H2,1H3. The highest BCUT2D eigenvalue weighted by Crippen LogP contribution is 2.23. The number of aliphatic hydroxyl groups excluding tert-OH is 1. The Balaban J connectivity index is 1.82. The van der Waals surface area contributed by atoms with Crippen molar-refractivity contribution >= 4 is 0 Å². The number of fused-ring (bicyclic) bond motifs is 1. The molecule has 1 aliphatic rings. The Morgan fingerprint density at radius 2 is 1.95 bits per heavy atom. The summed E-state index contributed by atoms with van der Waals surface area (Å²) < 4.78 is 2.35. The van der Waals surface area contributed by atoms with E-state index in [-0.39, 0.29) is 6.61 Å². The summed E-state index contributed by atoms with van der Waals surface area (Å²) in [7, 11) is 0. The molecule has 3 rings (SSSR count). The van der Waals surface area contributed by atoms with Gasteiger partial charge in [0.1, 0.15) is 12.4 Å². The van der Waals surface area contributed by atoms with Gasteiger partial charge in [-0.05, 0) is 50.3 Å². The fourth-order valence-corrected chi connectivity index (χ4v) is 2.96. The largest absolute Gasteiger partial charge is 0.384 e. The number of hydrogen-bond acceptors (Lipinski definition) is 2. The molecule has 0 saturated heterocycles. The van der Waals surface area contributed by atoms with Gasteiger partial charge in [0.05, 0.1) is 5.69 Å². The summed E-state index contributed by atoms with van der Waals surface area (Å²) in [6, 6.07) is 8.24. The highest BCUT2D eigenvalue weighted by molar-refractivity contribution is 5.36. The molecule has 0 amide bonds. The molecule has 0 spiro atoms. The summed E-state index contributed by atoms with van der Waals surface area (Å²) >= 11 is 0. The first-order valence-corrected chi connectivity index (χ1v) is 7.51. The van der Waals surface area contributed by atoms with Crippen LogP contribution in [0.2, 0.25) is 0 Å². The summed E-state index contributed by atoms with van der Waals surface area (Å²) in [6.07, 6.45) is 4.81. The zero-order valence-corrected chi connectivity index (χ0v) is 12.4. The third kappa shape index (κ3) is 3.01. The molecule has 1 aromatic carbocycles. The summed E-state index contributed by atoms with van der Waals surface area (Å²) in [5.74, 6) is 6.71. The van der Waals surface area contributed by atoms with Crippen LogP contribution in [0, 0.1) is 18.8 Å². The Kier molecular flexibility index (Phi) is 4.08. The van der Waals surface area contributed by atoms with Crippen LogP contribution in [-0.4, -0.2) is 21.3 Å². The second-order valence-corrected chi connectivity index (χ2v) is 5.50. The van der Waals surface area contributed by atoms with Gasteiger partial charge in [-0.25, -0.2) is 4.98 Å². The molecule has 1 heterocycles. The van der Waals surface area contributed by atoms with E-state index in [1.54, 1.807) is 0 Å². The number of nitrogens with zero attached hydrogens (tertiary/aromatic N) is 2. The lowest BCUT2D eigenvalue weighted by Gasteiger charge is -2.15. The van der Waals surface area contributed by atoms with Gasteiger partial charge in [0.25, 0.3) is 0 Å². The highest BCUT2D eigenvalue weighted by Gasteiger charge is 2.17. The zero-order valence-electron chi connectivity index (χ0n) is 12.4. The summed E-state index contributed by atoms with van der Waals surface area (Å²) in [6.45, 7) is 2.88. The van der Waals surface area contributed by atoms with Gasteiger partial charge in [-0.1, -0.05) is 24.0 Å². The molecule has 2 aromatic rings. The molecule has 1 aliphatic carbocycles. The number of benzene rings is 1. The maximum Gasteiger partial charge on any atom is 0.106 e. The number of aromatic nitrogens is 2. The first-order chi connectivity index (χ1) is 10.3. The fraction of sp³-hybridized carbons (Fsp3) is 0.389. The molecule has 3 nitrogen and oxygen atoms in total. The van der Waals surface area contributed by atoms with Crippen molar-refractivity contribution in [2.24, 2.45) is 0 Å². The van der Waals surface area contributed by atoms with Crippen LogP contribution in [-0.2, 0) is 19.4 Å². The first-order valence-electron chi connectivity index (χ1n) is 7.51. The molecule has 0 atom stereocenters. The topological polar surface area (TPSA) is 38.0 Å². The first kappa shape index (κ1) is 13.9. The Bertz CT molecular complexity index is 686. The van der Waals surface area contributed by atoms with Gasteiger partial charge in [-0.2, -0.15) is 0 Å². The minimum Gasteiger partial charge on any atom is -0.384 e. The molecular weight excluding hydrogens is 260 g/mol. The second-order valence-electron chi connectivity index (χ2n) is 5.50. The predicted molar refractivity (Wildman–Crippen MR) is 83.1 cm³/mol. The molecule has 21 heavy (non-hydrogen) atoms. The van der Waals surface area contributed by atoms with E-state index in [1.807, 2.05) is 12.1 Å². The summed E-state index contributed by atoms with van der Waals surface area (Å²) in [5.41, 5.74) is 4.92. The van der Waals surface area contributed by atoms with Crippen LogP contribution in [0.4, 0.5) is 0 Å². The third-order valence-corrected chi connectivity index (χ3v) is 4.03. The third-order valence-electron chi connectivity index (χ3n) is 4.03. The lowest BCUT2D eigenvalue weighted by molar-refractivity contribution is 0.350. The van der Waals surface area contributed by atoms with Gasteiger partial charge in [-0.15, -0.1) is 0 Å². The number of aliphatic hydroxyl groups is 1. The Hall–Kier alpha value is -2.05. The SMILES string of the molecule is Cc1nc2c(n1Cc1ccc(C#CCO)cc1)CCCC2. The van der Waals surface area contributed by atoms with E-state index in [9.17, 15) is 0 Å². The van der Waals surface area contributed by atoms with Crippen LogP contribution < -0.4 is 0 Å². The molecule has 0 saturated carbocycles. The Morgan fingerprint density at radius 1 is 1.19 bits per heavy atom. The number of imidazole rings is 1. The molecular formula is C18H20N2O. The maximum atomic E-state index is 8.71. The summed E-state index contributed by atoms with van der Waals surface area (Å²) in [4.78, 5) is 4.72. The van der Waals surface area contributed by atoms with Crippen molar-refractivity contribution in [2.45, 2.75) is 39.2 Å². The van der Waals surface area contributed by atoms with Gasteiger partial charge in [0.15, 0.2) is 0 Å². The van der Waals surface area contributed by atoms with Crippen molar-refractivity contribution in [3.8, 4) is 11.8 Å². The van der Waals surface area contributed by atoms with E-state index in [2.05, 4.69) is 35.5 Å². The number of aryl methyl sites for hydroxylation is 2. The van der Waals surface area contributed by atoms with Crippen molar-refractivity contribution < 1.29 is 5.11 Å². The number of hydrogen-bond donors (Lipinski definition) is 1. The van der Waals surface area contributed by atoms with Gasteiger partial charge in [-0.3, -0.25) is 0 Å². The normalized spacial score (nSPS) is 13.4. The smallest absolute Gasteiger partial charge is 0.106 e. The Labute approximate surface area is 125 Å². The van der Waals surface area contributed by atoms with E-state index in [0.29, 0.717) is 0 Å². The highest BCUT2D eigenvalue weighted by atomic mass is 16.2. The van der Waals surface area contributed by atoms with E-state index in [0.717, 1.165) is 30.8 Å². The van der Waals surface area contributed by atoms with Gasteiger partial charge in [0, 0.05) is 17.8 Å². The second kappa shape index (κ2) is 6.15. The molecule has 3 heteroatoms. The lowest BCUT2D eigenvalue weighted by atomic mass is 10.0. The summed E-state index contributed by atoms with van der Waals surface area (Å²) in [5, 5.41) is 8.71. The molecule has 108 valence electrons. The van der Waals surface area contributed by atoms with Crippen LogP contribution in [0.5, 0.6) is 0 Å². The van der Waals surface area contributed by atoms with Crippen LogP contribution in [0.1, 0.15) is 41.2 Å². The van der Waals surface area contributed by atoms with E-state index in [1.165, 1.54) is 29.8 Å². The molecule has 1 aromatic heterocycles. The van der Waals surface area contributed by atoms with Crippen molar-refractivity contribution in [3.05, 3.63) is 52.6 Å². The van der Waals surface area contributed by atoms with Crippen molar-refractivity contribution in [1.82, 2.24) is 9.55 Å². The molecule has 0 unspecified atom stereocenters. The van der Waals surface area contributed by atoms with Gasteiger partial charge < -0.3 is 9.67 Å². The van der Waals surface area contributed by atoms with E-state index >= 15 is 0 Å². The molecule has 0 bridgehead atoms. The van der Waals surface area contributed by atoms with Crippen LogP contribution in [0.25, 0.3) is 0 Å². The van der Waals surface area contributed by atoms with Crippen molar-refractivity contribution in [2.75, 3.05) is 6.61 Å². The predicted octanol–water partition coefficient (Wildman–Crippen LogP) is 2.46. The van der Waals surface area contributed by atoms with Gasteiger partial charge >= 0.3 is 0 Å². The maximum absolute atomic E-state index is 8.71. The van der Waals surface area contributed by atoms with E-state index in [4.69, 9.17) is 10.1 Å². The van der Waals surface area contributed by atoms with Crippen LogP contribution >= 0.6 is 0 Å². The molecule has 0 radical (unpaired) electrons. The zero-order chi connectivity index (χ0) is 14.7. The minimum atomic E-state index is -0.0951. The monoisotopic (exact) mass is 280 g/mol. The lowest BCUT2D eigenvalue weighted by Crippen LogP contribution is -2.10. The van der Waals surface area contributed by atoms with Crippen LogP contribution in [0.15, 0.2) is 24.3 Å². The van der Waals surface area contributed by atoms with E-state index < -0.39 is 0 Å². The van der Waals surface area contributed by atoms with Gasteiger partial charge in [0.2, 0.25) is 0 Å². The fourth-order valence-electron chi connectivity index (χ4n) is 2.96. The average Bonchev–Trinajstić information content (AvgIpc) is 2.83. The Morgan fingerprint density at radius 3 is 2.71 bits per heavy atom. The van der Waals surface area contributed by atoms with Crippen molar-refractivity contribution in [3.63, 3.8) is 0 Å². The van der Waals surface area contributed by atoms with Crippen molar-refractivity contribution in [1.29, 1.82) is 0 Å². The minimum absolute atomic E-state index is 0.0951. The molecule has 1 N–H and O–H groups in total. The molecule has 0 aliphatic heterocycles. The van der Waals surface area contributed by atoms with Crippen LogP contribution in [0.3, 0.4) is 0 Å². The number of rotatable bonds is 2. The quantitative estimate of drug-likeness (QED) is 0.858. The molecule has 0 fully saturated rings.